The predicted octanol–water partition coefficient (Wildman–Crippen LogP) is 8.32. The number of amides is 3. The average Bonchev–Trinajstić information content (AvgIpc) is 4.05. The molecule has 8 rings (SSSR count). The van der Waals surface area contributed by atoms with E-state index in [1.165, 1.54) is 7.11 Å². The molecule has 0 bridgehead atoms. The third-order valence-electron chi connectivity index (χ3n) is 12.7. The topological polar surface area (TPSA) is 146 Å². The highest BCUT2D eigenvalue weighted by Crippen LogP contribution is 2.45. The van der Waals surface area contributed by atoms with Gasteiger partial charge in [0.15, 0.2) is 0 Å². The summed E-state index contributed by atoms with van der Waals surface area (Å²) in [6, 6.07) is 18.1. The molecule has 5 atom stereocenters. The van der Waals surface area contributed by atoms with Crippen LogP contribution in [0.2, 0.25) is 0 Å². The molecule has 0 aliphatic carbocycles. The molecule has 3 aliphatic rings. The summed E-state index contributed by atoms with van der Waals surface area (Å²) in [5.74, 6) is 1.69. The van der Waals surface area contributed by atoms with Crippen LogP contribution in [0.4, 0.5) is 4.79 Å². The first kappa shape index (κ1) is 38.6. The predicted molar refractivity (Wildman–Crippen MR) is 220 cm³/mol. The van der Waals surface area contributed by atoms with Gasteiger partial charge in [-0.05, 0) is 78.1 Å². The van der Waals surface area contributed by atoms with Crippen LogP contribution in [0.5, 0.6) is 0 Å². The third kappa shape index (κ3) is 7.40. The molecular formula is C45H55N7O5. The largest absolute Gasteiger partial charge is 0.453 e. The smallest absolute Gasteiger partial charge is 0.407 e. The molecule has 3 aliphatic heterocycles. The number of methoxy groups -OCH3 is 1. The molecule has 0 radical (unpaired) electrons. The van der Waals surface area contributed by atoms with E-state index in [2.05, 4.69) is 77.7 Å². The number of benzene rings is 3. The van der Waals surface area contributed by atoms with Crippen LogP contribution in [-0.2, 0) is 19.1 Å². The standard InChI is InChI=1S/C45H55N7O5/c1-26(2)28(5)42(53)52-25-45(19-7-8-21-57-45)23-37(52)40-46-24-35(48-40)30-13-11-29(12-14-30)31-15-17-33-32(22-31)16-18-34-39(33)49-41(47-34)36-10-9-20-51(36)43(54)38(27(3)4)50-44(55)56-6/h11-18,22,24,26-28,36-38H,7-10,19-21,23,25H2,1-6H3,(H,46,48)(H,47,49)(H,50,55)/t28-,36-,37-,38-,45-/m0/s1. The SMILES string of the molecule is COC(=O)N[C@H](C(=O)N1CCC[C@H]1c1nc2ccc3cc(-c4ccc(-c5cnc([C@@H]6C[C@@]7(CCCCO7)CN6C(=O)[C@@H](C)C(C)C)[nH]5)cc4)ccc3c2[nH]1)C(C)C. The number of imidazole rings is 2. The van der Waals surface area contributed by atoms with E-state index in [1.54, 1.807) is 0 Å². The molecule has 300 valence electrons. The van der Waals surface area contributed by atoms with E-state index in [4.69, 9.17) is 19.4 Å². The van der Waals surface area contributed by atoms with Gasteiger partial charge in [0.25, 0.3) is 0 Å². The maximum atomic E-state index is 13.8. The number of H-pyrrole nitrogens is 2. The number of hydrogen-bond donors (Lipinski definition) is 3. The Labute approximate surface area is 334 Å². The fourth-order valence-corrected chi connectivity index (χ4v) is 9.02. The van der Waals surface area contributed by atoms with Crippen LogP contribution in [0, 0.1) is 17.8 Å². The molecule has 5 aromatic rings. The second kappa shape index (κ2) is 15.6. The van der Waals surface area contributed by atoms with E-state index < -0.39 is 12.1 Å². The van der Waals surface area contributed by atoms with Gasteiger partial charge in [-0.25, -0.2) is 14.8 Å². The monoisotopic (exact) mass is 773 g/mol. The molecule has 12 nitrogen and oxygen atoms in total. The molecule has 3 amide bonds. The van der Waals surface area contributed by atoms with E-state index in [0.29, 0.717) is 13.1 Å². The number of nitrogens with one attached hydrogen (secondary N) is 3. The summed E-state index contributed by atoms with van der Waals surface area (Å²) in [6.45, 7) is 12.0. The zero-order valence-electron chi connectivity index (χ0n) is 33.9. The van der Waals surface area contributed by atoms with Crippen molar-refractivity contribution in [3.8, 4) is 22.4 Å². The van der Waals surface area contributed by atoms with Gasteiger partial charge in [-0.3, -0.25) is 9.59 Å². The molecule has 0 unspecified atom stereocenters. The second-order valence-corrected chi connectivity index (χ2v) is 17.0. The summed E-state index contributed by atoms with van der Waals surface area (Å²) in [6.07, 6.45) is 6.84. The lowest BCUT2D eigenvalue weighted by Crippen LogP contribution is -2.51. The van der Waals surface area contributed by atoms with Crippen LogP contribution in [0.3, 0.4) is 0 Å². The van der Waals surface area contributed by atoms with Gasteiger partial charge in [-0.1, -0.05) is 77.1 Å². The first-order valence-electron chi connectivity index (χ1n) is 20.6. The second-order valence-electron chi connectivity index (χ2n) is 17.0. The molecule has 12 heteroatoms. The lowest BCUT2D eigenvalue weighted by atomic mass is 9.91. The number of likely N-dealkylation sites (tertiary alicyclic amines) is 2. The molecule has 2 aromatic heterocycles. The van der Waals surface area contributed by atoms with Crippen molar-refractivity contribution in [2.24, 2.45) is 17.8 Å². The Bertz CT molecular complexity index is 2270. The molecule has 3 N–H and O–H groups in total. The van der Waals surface area contributed by atoms with Crippen LogP contribution in [0.15, 0.2) is 60.8 Å². The Hall–Kier alpha value is -5.23. The minimum absolute atomic E-state index is 0.0756. The highest BCUT2D eigenvalue weighted by Gasteiger charge is 2.50. The lowest BCUT2D eigenvalue weighted by molar-refractivity contribution is -0.139. The van der Waals surface area contributed by atoms with Gasteiger partial charge in [0.1, 0.15) is 17.7 Å². The minimum atomic E-state index is -0.685. The number of hydrogen-bond acceptors (Lipinski definition) is 7. The molecule has 3 fully saturated rings. The third-order valence-corrected chi connectivity index (χ3v) is 12.7. The zero-order valence-corrected chi connectivity index (χ0v) is 33.9. The van der Waals surface area contributed by atoms with Crippen LogP contribution < -0.4 is 5.32 Å². The van der Waals surface area contributed by atoms with Crippen molar-refractivity contribution in [2.75, 3.05) is 26.8 Å². The number of aromatic nitrogens is 4. The number of aromatic amines is 2. The zero-order chi connectivity index (χ0) is 40.0. The van der Waals surface area contributed by atoms with Crippen molar-refractivity contribution in [2.45, 2.75) is 96.9 Å². The number of nitrogens with zero attached hydrogens (tertiary/aromatic N) is 4. The van der Waals surface area contributed by atoms with Crippen molar-refractivity contribution < 1.29 is 23.9 Å². The van der Waals surface area contributed by atoms with Crippen LogP contribution >= 0.6 is 0 Å². The highest BCUT2D eigenvalue weighted by atomic mass is 16.5. The summed E-state index contributed by atoms with van der Waals surface area (Å²) in [4.78, 5) is 60.3. The van der Waals surface area contributed by atoms with E-state index >= 15 is 0 Å². The summed E-state index contributed by atoms with van der Waals surface area (Å²) in [5.41, 5.74) is 5.63. The highest BCUT2D eigenvalue weighted by molar-refractivity contribution is 6.05. The fraction of sp³-hybridized carbons (Fsp3) is 0.489. The molecule has 57 heavy (non-hydrogen) atoms. The molecular weight excluding hydrogens is 719 g/mol. The minimum Gasteiger partial charge on any atom is -0.453 e. The van der Waals surface area contributed by atoms with Gasteiger partial charge < -0.3 is 34.6 Å². The Kier molecular flexibility index (Phi) is 10.6. The number of alkyl carbamates (subject to hydrolysis) is 1. The quantitative estimate of drug-likeness (QED) is 0.137. The van der Waals surface area contributed by atoms with Crippen molar-refractivity contribution in [3.63, 3.8) is 0 Å². The summed E-state index contributed by atoms with van der Waals surface area (Å²) in [5, 5.41) is 4.87. The average molecular weight is 774 g/mol. The Morgan fingerprint density at radius 2 is 1.63 bits per heavy atom. The molecule has 1 spiro atoms. The van der Waals surface area contributed by atoms with Gasteiger partial charge in [0.2, 0.25) is 11.8 Å². The van der Waals surface area contributed by atoms with Crippen molar-refractivity contribution in [1.29, 1.82) is 0 Å². The summed E-state index contributed by atoms with van der Waals surface area (Å²) in [7, 11) is 1.30. The number of carbonyl (C=O) groups excluding carboxylic acids is 3. The molecule has 5 heterocycles. The van der Waals surface area contributed by atoms with Crippen LogP contribution in [0.25, 0.3) is 44.2 Å². The van der Waals surface area contributed by atoms with Gasteiger partial charge in [0, 0.05) is 30.9 Å². The van der Waals surface area contributed by atoms with Crippen molar-refractivity contribution >= 4 is 39.7 Å². The van der Waals surface area contributed by atoms with Gasteiger partial charge >= 0.3 is 6.09 Å². The maximum Gasteiger partial charge on any atom is 0.407 e. The van der Waals surface area contributed by atoms with E-state index in [9.17, 15) is 14.4 Å². The number of rotatable bonds is 9. The normalized spacial score (nSPS) is 22.2. The first-order valence-corrected chi connectivity index (χ1v) is 20.6. The lowest BCUT2D eigenvalue weighted by Gasteiger charge is -2.33. The maximum absolute atomic E-state index is 13.8. The van der Waals surface area contributed by atoms with Crippen molar-refractivity contribution in [1.82, 2.24) is 35.1 Å². The van der Waals surface area contributed by atoms with E-state index in [1.807, 2.05) is 42.8 Å². The molecule has 3 saturated heterocycles. The van der Waals surface area contributed by atoms with Crippen LogP contribution in [-0.4, -0.2) is 86.1 Å². The Morgan fingerprint density at radius 1 is 0.860 bits per heavy atom. The van der Waals surface area contributed by atoms with Gasteiger partial charge in [0.05, 0.1) is 54.3 Å². The number of fused-ring (bicyclic) bond motifs is 3. The number of carbonyl (C=O) groups is 3. The summed E-state index contributed by atoms with van der Waals surface area (Å²) >= 11 is 0. The molecule has 3 aromatic carbocycles. The molecule has 0 saturated carbocycles. The van der Waals surface area contributed by atoms with E-state index in [0.717, 1.165) is 101 Å². The van der Waals surface area contributed by atoms with Crippen molar-refractivity contribution in [3.05, 3.63) is 72.4 Å². The van der Waals surface area contributed by atoms with Crippen LogP contribution in [0.1, 0.15) is 96.9 Å². The summed E-state index contributed by atoms with van der Waals surface area (Å²) < 4.78 is 11.2. The van der Waals surface area contributed by atoms with Gasteiger partial charge in [-0.15, -0.1) is 0 Å². The first-order chi connectivity index (χ1) is 27.4. The Morgan fingerprint density at radius 3 is 2.35 bits per heavy atom. The van der Waals surface area contributed by atoms with E-state index in [-0.39, 0.29) is 47.3 Å². The number of ether oxygens (including phenoxy) is 2. The van der Waals surface area contributed by atoms with Gasteiger partial charge in [-0.2, -0.15) is 0 Å². The Balaban J connectivity index is 1.00. The fourth-order valence-electron chi connectivity index (χ4n) is 9.02.